The zero-order chi connectivity index (χ0) is 19.2. The average Bonchev–Trinajstić information content (AvgIpc) is 3.23. The smallest absolute Gasteiger partial charge is 0.404 e. The van der Waals surface area contributed by atoms with Gasteiger partial charge in [0.1, 0.15) is 6.10 Å². The molecule has 8 heteroatoms. The second-order valence-corrected chi connectivity index (χ2v) is 7.58. The lowest BCUT2D eigenvalue weighted by molar-refractivity contribution is -0.114. The van der Waals surface area contributed by atoms with Crippen molar-refractivity contribution >= 4 is 28.5 Å². The van der Waals surface area contributed by atoms with Crippen LogP contribution in [0.2, 0.25) is 0 Å². The van der Waals surface area contributed by atoms with Crippen molar-refractivity contribution in [2.45, 2.75) is 38.8 Å². The minimum Gasteiger partial charge on any atom is -0.445 e. The molecule has 0 radical (unpaired) electrons. The number of nitrogens with one attached hydrogen (secondary N) is 1. The molecular formula is C19H24N4O3S. The minimum absolute atomic E-state index is 0.0951. The maximum Gasteiger partial charge on any atom is 0.404 e. The molecule has 144 valence electrons. The summed E-state index contributed by atoms with van der Waals surface area (Å²) >= 11 is 1.45. The lowest BCUT2D eigenvalue weighted by Gasteiger charge is -2.16. The highest BCUT2D eigenvalue weighted by Gasteiger charge is 2.24. The Bertz CT molecular complexity index is 791. The number of aryl methyl sites for hydroxylation is 2. The van der Waals surface area contributed by atoms with E-state index in [1.807, 2.05) is 5.38 Å². The van der Waals surface area contributed by atoms with Gasteiger partial charge in [0.2, 0.25) is 5.91 Å². The molecule has 27 heavy (non-hydrogen) atoms. The standard InChI is InChI=1S/C19H24N4O3S/c1-13(24)21-19-22-16(12-27-19)7-6-14-2-4-15(5-3-14)10-23-9-8-17(11-23)26-18(20)25/h2-5,12,17H,6-11H2,1H3,(H2,20,25)(H,21,22,24). The fourth-order valence-corrected chi connectivity index (χ4v) is 3.96. The Morgan fingerprint density at radius 3 is 2.74 bits per heavy atom. The highest BCUT2D eigenvalue weighted by Crippen LogP contribution is 2.19. The third kappa shape index (κ3) is 6.04. The second kappa shape index (κ2) is 8.96. The number of benzene rings is 1. The second-order valence-electron chi connectivity index (χ2n) is 6.72. The van der Waals surface area contributed by atoms with Crippen molar-refractivity contribution in [2.24, 2.45) is 5.73 Å². The Morgan fingerprint density at radius 1 is 1.30 bits per heavy atom. The molecule has 1 aliphatic rings. The number of aromatic nitrogens is 1. The number of primary amides is 1. The Balaban J connectivity index is 1.45. The summed E-state index contributed by atoms with van der Waals surface area (Å²) in [4.78, 5) is 28.6. The van der Waals surface area contributed by atoms with E-state index in [0.29, 0.717) is 5.13 Å². The summed E-state index contributed by atoms with van der Waals surface area (Å²) in [6, 6.07) is 8.57. The van der Waals surface area contributed by atoms with Crippen LogP contribution in [0.25, 0.3) is 0 Å². The number of amides is 2. The van der Waals surface area contributed by atoms with Crippen LogP contribution >= 0.6 is 11.3 Å². The Hall–Kier alpha value is -2.45. The van der Waals surface area contributed by atoms with Crippen molar-refractivity contribution in [3.63, 3.8) is 0 Å². The molecule has 1 fully saturated rings. The van der Waals surface area contributed by atoms with E-state index < -0.39 is 6.09 Å². The fraction of sp³-hybridized carbons (Fsp3) is 0.421. The lowest BCUT2D eigenvalue weighted by atomic mass is 10.1. The van der Waals surface area contributed by atoms with E-state index in [9.17, 15) is 9.59 Å². The monoisotopic (exact) mass is 388 g/mol. The first-order valence-electron chi connectivity index (χ1n) is 8.96. The SMILES string of the molecule is CC(=O)Nc1nc(CCc2ccc(CN3CCC(OC(N)=O)C3)cc2)cs1. The largest absolute Gasteiger partial charge is 0.445 e. The average molecular weight is 388 g/mol. The van der Waals surface area contributed by atoms with Gasteiger partial charge in [0.05, 0.1) is 5.69 Å². The summed E-state index contributed by atoms with van der Waals surface area (Å²) in [5.74, 6) is -0.1000. The molecule has 3 rings (SSSR count). The van der Waals surface area contributed by atoms with Gasteiger partial charge in [-0.25, -0.2) is 9.78 Å². The first-order chi connectivity index (χ1) is 13.0. The van der Waals surface area contributed by atoms with E-state index in [2.05, 4.69) is 39.5 Å². The molecule has 1 aromatic carbocycles. The van der Waals surface area contributed by atoms with Crippen molar-refractivity contribution in [1.82, 2.24) is 9.88 Å². The third-order valence-electron chi connectivity index (χ3n) is 4.45. The molecule has 2 aromatic rings. The predicted octanol–water partition coefficient (Wildman–Crippen LogP) is 2.56. The van der Waals surface area contributed by atoms with Gasteiger partial charge in [0.25, 0.3) is 0 Å². The van der Waals surface area contributed by atoms with Crippen LogP contribution in [0, 0.1) is 0 Å². The van der Waals surface area contributed by atoms with Gasteiger partial charge in [-0.2, -0.15) is 0 Å². The molecule has 1 atom stereocenters. The van der Waals surface area contributed by atoms with Crippen LogP contribution in [0.3, 0.4) is 0 Å². The van der Waals surface area contributed by atoms with Gasteiger partial charge in [-0.05, 0) is 30.4 Å². The van der Waals surface area contributed by atoms with Gasteiger partial charge < -0.3 is 15.8 Å². The highest BCUT2D eigenvalue weighted by molar-refractivity contribution is 7.13. The molecule has 0 saturated carbocycles. The van der Waals surface area contributed by atoms with Gasteiger partial charge in [-0.15, -0.1) is 11.3 Å². The number of likely N-dealkylation sites (tertiary alicyclic amines) is 1. The normalized spacial score (nSPS) is 17.0. The van der Waals surface area contributed by atoms with E-state index in [1.54, 1.807) is 0 Å². The molecule has 2 heterocycles. The Labute approximate surface area is 162 Å². The predicted molar refractivity (Wildman–Crippen MR) is 105 cm³/mol. The number of nitrogens with zero attached hydrogens (tertiary/aromatic N) is 2. The van der Waals surface area contributed by atoms with Gasteiger partial charge in [0.15, 0.2) is 5.13 Å². The molecule has 1 aliphatic heterocycles. The van der Waals surface area contributed by atoms with E-state index in [1.165, 1.54) is 29.4 Å². The number of thiazole rings is 1. The highest BCUT2D eigenvalue weighted by atomic mass is 32.1. The molecule has 2 amide bonds. The molecule has 0 bridgehead atoms. The van der Waals surface area contributed by atoms with Crippen molar-refractivity contribution in [1.29, 1.82) is 0 Å². The number of ether oxygens (including phenoxy) is 1. The van der Waals surface area contributed by atoms with E-state index in [-0.39, 0.29) is 12.0 Å². The number of carbonyl (C=O) groups is 2. The summed E-state index contributed by atoms with van der Waals surface area (Å²) in [5, 5.41) is 5.34. The molecular weight excluding hydrogens is 364 g/mol. The van der Waals surface area contributed by atoms with Crippen LogP contribution in [-0.2, 0) is 28.9 Å². The minimum atomic E-state index is -0.699. The Kier molecular flexibility index (Phi) is 6.41. The zero-order valence-electron chi connectivity index (χ0n) is 15.3. The summed E-state index contributed by atoms with van der Waals surface area (Å²) in [7, 11) is 0. The van der Waals surface area contributed by atoms with E-state index in [4.69, 9.17) is 10.5 Å². The van der Waals surface area contributed by atoms with Crippen molar-refractivity contribution in [3.05, 3.63) is 46.5 Å². The number of rotatable bonds is 7. The molecule has 0 spiro atoms. The lowest BCUT2D eigenvalue weighted by Crippen LogP contribution is -2.26. The molecule has 1 unspecified atom stereocenters. The molecule has 3 N–H and O–H groups in total. The number of carbonyl (C=O) groups excluding carboxylic acids is 2. The van der Waals surface area contributed by atoms with Crippen molar-refractivity contribution in [3.8, 4) is 0 Å². The van der Waals surface area contributed by atoms with Crippen LogP contribution in [0.5, 0.6) is 0 Å². The zero-order valence-corrected chi connectivity index (χ0v) is 16.1. The quantitative estimate of drug-likeness (QED) is 0.760. The van der Waals surface area contributed by atoms with Crippen LogP contribution in [0.4, 0.5) is 9.93 Å². The summed E-state index contributed by atoms with van der Waals surface area (Å²) in [6.07, 6.45) is 1.78. The fourth-order valence-electron chi connectivity index (χ4n) is 3.17. The molecule has 7 nitrogen and oxygen atoms in total. The number of anilines is 1. The van der Waals surface area contributed by atoms with E-state index >= 15 is 0 Å². The van der Waals surface area contributed by atoms with E-state index in [0.717, 1.165) is 44.6 Å². The van der Waals surface area contributed by atoms with Crippen LogP contribution in [0.1, 0.15) is 30.2 Å². The number of hydrogen-bond donors (Lipinski definition) is 2. The van der Waals surface area contributed by atoms with Gasteiger partial charge in [-0.3, -0.25) is 9.69 Å². The maximum absolute atomic E-state index is 11.0. The van der Waals surface area contributed by atoms with Crippen LogP contribution in [-0.4, -0.2) is 41.1 Å². The molecule has 1 saturated heterocycles. The number of nitrogens with two attached hydrogens (primary N) is 1. The van der Waals surface area contributed by atoms with Gasteiger partial charge in [-0.1, -0.05) is 24.3 Å². The van der Waals surface area contributed by atoms with Crippen LogP contribution in [0.15, 0.2) is 29.6 Å². The first kappa shape index (κ1) is 19.3. The summed E-state index contributed by atoms with van der Waals surface area (Å²) < 4.78 is 5.06. The summed E-state index contributed by atoms with van der Waals surface area (Å²) in [5.41, 5.74) is 8.56. The first-order valence-corrected chi connectivity index (χ1v) is 9.84. The van der Waals surface area contributed by atoms with Crippen LogP contribution < -0.4 is 11.1 Å². The summed E-state index contributed by atoms with van der Waals surface area (Å²) in [6.45, 7) is 3.95. The van der Waals surface area contributed by atoms with Crippen molar-refractivity contribution < 1.29 is 14.3 Å². The molecule has 1 aromatic heterocycles. The van der Waals surface area contributed by atoms with Crippen molar-refractivity contribution in [2.75, 3.05) is 18.4 Å². The molecule has 0 aliphatic carbocycles. The maximum atomic E-state index is 11.0. The number of hydrogen-bond acceptors (Lipinski definition) is 6. The third-order valence-corrected chi connectivity index (χ3v) is 5.25. The Morgan fingerprint density at radius 2 is 2.04 bits per heavy atom. The van der Waals surface area contributed by atoms with Gasteiger partial charge >= 0.3 is 6.09 Å². The van der Waals surface area contributed by atoms with Gasteiger partial charge in [0, 0.05) is 31.9 Å². The topological polar surface area (TPSA) is 97.6 Å².